The maximum absolute atomic E-state index is 12.3. The molecule has 6 heteroatoms. The normalized spacial score (nSPS) is 21.6. The number of para-hydroxylation sites is 1. The predicted octanol–water partition coefficient (Wildman–Crippen LogP) is 2.10. The monoisotopic (exact) mass is 292 g/mol. The lowest BCUT2D eigenvalue weighted by Gasteiger charge is -2.30. The zero-order chi connectivity index (χ0) is 15.4. The summed E-state index contributed by atoms with van der Waals surface area (Å²) in [5.41, 5.74) is 0.484. The number of carboxylic acid groups (broad SMARTS) is 1. The van der Waals surface area contributed by atoms with E-state index >= 15 is 0 Å². The number of urea groups is 1. The van der Waals surface area contributed by atoms with Gasteiger partial charge in [-0.15, -0.1) is 0 Å². The van der Waals surface area contributed by atoms with Gasteiger partial charge in [-0.2, -0.15) is 0 Å². The highest BCUT2D eigenvalue weighted by Gasteiger charge is 2.24. The largest absolute Gasteiger partial charge is 0.478 e. The first-order chi connectivity index (χ1) is 9.99. The van der Waals surface area contributed by atoms with E-state index in [0.717, 1.165) is 12.8 Å². The molecular formula is C15H20N2O4. The van der Waals surface area contributed by atoms with Crippen LogP contribution in [0.15, 0.2) is 24.3 Å². The van der Waals surface area contributed by atoms with Crippen molar-refractivity contribution >= 4 is 17.7 Å². The van der Waals surface area contributed by atoms with Crippen LogP contribution in [-0.4, -0.2) is 42.9 Å². The van der Waals surface area contributed by atoms with Crippen molar-refractivity contribution in [1.29, 1.82) is 0 Å². The van der Waals surface area contributed by atoms with Gasteiger partial charge in [0, 0.05) is 19.7 Å². The fraction of sp³-hybridized carbons (Fsp3) is 0.467. The highest BCUT2D eigenvalue weighted by atomic mass is 16.5. The van der Waals surface area contributed by atoms with Gasteiger partial charge in [-0.05, 0) is 31.9 Å². The average molecular weight is 292 g/mol. The lowest BCUT2D eigenvalue weighted by Crippen LogP contribution is -2.47. The number of nitrogens with zero attached hydrogens (tertiary/aromatic N) is 1. The molecule has 2 unspecified atom stereocenters. The van der Waals surface area contributed by atoms with E-state index in [-0.39, 0.29) is 23.7 Å². The van der Waals surface area contributed by atoms with Gasteiger partial charge in [0.1, 0.15) is 0 Å². The molecule has 0 aromatic heterocycles. The van der Waals surface area contributed by atoms with Crippen molar-refractivity contribution in [3.8, 4) is 0 Å². The Morgan fingerprint density at radius 3 is 2.76 bits per heavy atom. The number of carbonyl (C=O) groups excluding carboxylic acids is 1. The molecule has 1 aliphatic rings. The molecule has 0 saturated carbocycles. The molecule has 2 atom stereocenters. The van der Waals surface area contributed by atoms with Gasteiger partial charge in [-0.3, -0.25) is 4.90 Å². The van der Waals surface area contributed by atoms with Gasteiger partial charge in [0.2, 0.25) is 0 Å². The topological polar surface area (TPSA) is 78.9 Å². The van der Waals surface area contributed by atoms with Crippen molar-refractivity contribution < 1.29 is 19.4 Å². The number of aromatic carboxylic acids is 1. The third kappa shape index (κ3) is 3.72. The molecule has 1 saturated heterocycles. The molecular weight excluding hydrogens is 272 g/mol. The van der Waals surface area contributed by atoms with Crippen LogP contribution in [-0.2, 0) is 4.74 Å². The number of hydrogen-bond acceptors (Lipinski definition) is 3. The number of carbonyl (C=O) groups is 2. The summed E-state index contributed by atoms with van der Waals surface area (Å²) < 4.78 is 5.44. The van der Waals surface area contributed by atoms with E-state index in [9.17, 15) is 14.7 Å². The first kappa shape index (κ1) is 15.3. The molecule has 0 radical (unpaired) electrons. The number of anilines is 1. The van der Waals surface area contributed by atoms with Crippen molar-refractivity contribution in [2.24, 2.45) is 0 Å². The SMILES string of the molecule is CC1CC(NC(=O)N(C)c2ccccc2C(=O)O)CCO1. The predicted molar refractivity (Wildman–Crippen MR) is 78.8 cm³/mol. The molecule has 0 aliphatic carbocycles. The van der Waals surface area contributed by atoms with Crippen LogP contribution in [0.4, 0.5) is 10.5 Å². The number of benzene rings is 1. The summed E-state index contributed by atoms with van der Waals surface area (Å²) in [5.74, 6) is -1.05. The van der Waals surface area contributed by atoms with E-state index in [4.69, 9.17) is 4.74 Å². The van der Waals surface area contributed by atoms with E-state index in [2.05, 4.69) is 5.32 Å². The van der Waals surface area contributed by atoms with Gasteiger partial charge >= 0.3 is 12.0 Å². The highest BCUT2D eigenvalue weighted by molar-refractivity contribution is 6.01. The Morgan fingerprint density at radius 2 is 2.10 bits per heavy atom. The number of carboxylic acids is 1. The minimum Gasteiger partial charge on any atom is -0.478 e. The summed E-state index contributed by atoms with van der Waals surface area (Å²) in [6.07, 6.45) is 1.66. The van der Waals surface area contributed by atoms with E-state index in [0.29, 0.717) is 12.3 Å². The smallest absolute Gasteiger partial charge is 0.337 e. The molecule has 2 rings (SSSR count). The Balaban J connectivity index is 2.07. The van der Waals surface area contributed by atoms with Crippen molar-refractivity contribution in [1.82, 2.24) is 5.32 Å². The Kier molecular flexibility index (Phi) is 4.80. The van der Waals surface area contributed by atoms with Gasteiger partial charge in [0.15, 0.2) is 0 Å². The maximum Gasteiger partial charge on any atom is 0.337 e. The second kappa shape index (κ2) is 6.58. The van der Waals surface area contributed by atoms with Crippen molar-refractivity contribution in [2.45, 2.75) is 31.9 Å². The second-order valence-corrected chi connectivity index (χ2v) is 5.23. The van der Waals surface area contributed by atoms with E-state index in [1.54, 1.807) is 25.2 Å². The van der Waals surface area contributed by atoms with Crippen LogP contribution >= 0.6 is 0 Å². The van der Waals surface area contributed by atoms with Gasteiger partial charge in [0.05, 0.1) is 17.4 Å². The van der Waals surface area contributed by atoms with Gasteiger partial charge in [0.25, 0.3) is 0 Å². The molecule has 1 fully saturated rings. The van der Waals surface area contributed by atoms with Gasteiger partial charge in [-0.1, -0.05) is 12.1 Å². The molecule has 21 heavy (non-hydrogen) atoms. The quantitative estimate of drug-likeness (QED) is 0.894. The highest BCUT2D eigenvalue weighted by Crippen LogP contribution is 2.20. The van der Waals surface area contributed by atoms with Crippen LogP contribution in [0.5, 0.6) is 0 Å². The lowest BCUT2D eigenvalue weighted by molar-refractivity contribution is 0.0156. The summed E-state index contributed by atoms with van der Waals surface area (Å²) in [4.78, 5) is 24.8. The summed E-state index contributed by atoms with van der Waals surface area (Å²) in [6, 6.07) is 6.21. The first-order valence-electron chi connectivity index (χ1n) is 6.97. The minimum absolute atomic E-state index is 0.0562. The molecule has 6 nitrogen and oxygen atoms in total. The van der Waals surface area contributed by atoms with Crippen LogP contribution in [0.2, 0.25) is 0 Å². The molecule has 1 heterocycles. The number of hydrogen-bond donors (Lipinski definition) is 2. The maximum atomic E-state index is 12.3. The third-order valence-electron chi connectivity index (χ3n) is 3.61. The summed E-state index contributed by atoms with van der Waals surface area (Å²) in [6.45, 7) is 2.60. The molecule has 0 spiro atoms. The number of amides is 2. The molecule has 2 N–H and O–H groups in total. The molecule has 0 bridgehead atoms. The summed E-state index contributed by atoms with van der Waals surface area (Å²) in [5, 5.41) is 12.1. The van der Waals surface area contributed by atoms with Gasteiger partial charge < -0.3 is 15.2 Å². The third-order valence-corrected chi connectivity index (χ3v) is 3.61. The van der Waals surface area contributed by atoms with E-state index < -0.39 is 5.97 Å². The fourth-order valence-corrected chi connectivity index (χ4v) is 2.46. The number of rotatable bonds is 3. The molecule has 1 aromatic rings. The van der Waals surface area contributed by atoms with E-state index in [1.165, 1.54) is 11.0 Å². The Hall–Kier alpha value is -2.08. The molecule has 2 amide bonds. The van der Waals surface area contributed by atoms with Crippen molar-refractivity contribution in [2.75, 3.05) is 18.6 Å². The Labute approximate surface area is 123 Å². The standard InChI is InChI=1S/C15H20N2O4/c1-10-9-11(7-8-21-10)16-15(20)17(2)13-6-4-3-5-12(13)14(18)19/h3-6,10-11H,7-9H2,1-2H3,(H,16,20)(H,18,19). The Bertz CT molecular complexity index is 532. The zero-order valence-corrected chi connectivity index (χ0v) is 12.2. The molecule has 114 valence electrons. The zero-order valence-electron chi connectivity index (χ0n) is 12.2. The minimum atomic E-state index is -1.05. The van der Waals surface area contributed by atoms with Crippen LogP contribution < -0.4 is 10.2 Å². The van der Waals surface area contributed by atoms with Crippen LogP contribution in [0.25, 0.3) is 0 Å². The van der Waals surface area contributed by atoms with E-state index in [1.807, 2.05) is 6.92 Å². The number of ether oxygens (including phenoxy) is 1. The van der Waals surface area contributed by atoms with Crippen LogP contribution in [0, 0.1) is 0 Å². The first-order valence-corrected chi connectivity index (χ1v) is 6.97. The second-order valence-electron chi connectivity index (χ2n) is 5.23. The van der Waals surface area contributed by atoms with Crippen LogP contribution in [0.3, 0.4) is 0 Å². The summed E-state index contributed by atoms with van der Waals surface area (Å²) >= 11 is 0. The number of nitrogens with one attached hydrogen (secondary N) is 1. The van der Waals surface area contributed by atoms with Crippen molar-refractivity contribution in [3.05, 3.63) is 29.8 Å². The Morgan fingerprint density at radius 1 is 1.38 bits per heavy atom. The molecule has 1 aliphatic heterocycles. The summed E-state index contributed by atoms with van der Waals surface area (Å²) in [7, 11) is 1.57. The van der Waals surface area contributed by atoms with Gasteiger partial charge in [-0.25, -0.2) is 9.59 Å². The van der Waals surface area contributed by atoms with Crippen molar-refractivity contribution in [3.63, 3.8) is 0 Å². The fourth-order valence-electron chi connectivity index (χ4n) is 2.46. The van der Waals surface area contributed by atoms with Crippen LogP contribution in [0.1, 0.15) is 30.1 Å². The average Bonchev–Trinajstić information content (AvgIpc) is 2.46. The lowest BCUT2D eigenvalue weighted by atomic mass is 10.0. The molecule has 1 aromatic carbocycles.